The fourth-order valence-corrected chi connectivity index (χ4v) is 5.26. The minimum Gasteiger partial charge on any atom is -0.373 e. The summed E-state index contributed by atoms with van der Waals surface area (Å²) in [7, 11) is 1.63. The van der Waals surface area contributed by atoms with Crippen molar-refractivity contribution in [3.8, 4) is 21.8 Å². The number of nitrogens with one attached hydrogen (secondary N) is 1. The number of nitrogens with two attached hydrogens (primary N) is 1. The van der Waals surface area contributed by atoms with Gasteiger partial charge in [0.05, 0.1) is 6.04 Å². The molecule has 1 aromatic carbocycles. The van der Waals surface area contributed by atoms with Crippen molar-refractivity contribution in [3.63, 3.8) is 0 Å². The number of rotatable bonds is 6. The number of hydrogen-bond donors (Lipinski definition) is 3. The second-order valence-corrected chi connectivity index (χ2v) is 9.82. The van der Waals surface area contributed by atoms with E-state index in [0.29, 0.717) is 40.9 Å². The van der Waals surface area contributed by atoms with E-state index in [-0.39, 0.29) is 29.8 Å². The second-order valence-electron chi connectivity index (χ2n) is 8.82. The molecule has 12 heteroatoms. The molecule has 0 saturated carbocycles. The smallest absolute Gasteiger partial charge is 0.270 e. The molecule has 0 unspecified atom stereocenters. The van der Waals surface area contributed by atoms with E-state index in [1.54, 1.807) is 18.0 Å². The Morgan fingerprint density at radius 2 is 2.03 bits per heavy atom. The van der Waals surface area contributed by atoms with Gasteiger partial charge in [0.2, 0.25) is 11.5 Å². The Balaban J connectivity index is 1.40. The van der Waals surface area contributed by atoms with Crippen LogP contribution in [0, 0.1) is 0 Å². The molecule has 3 aromatic rings. The topological polar surface area (TPSA) is 155 Å². The number of likely N-dealkylation sites (tertiary alicyclic amines) is 2. The number of likely N-dealkylation sites (N-methyl/N-ethyl adjacent to an activating group) is 1. The average molecular weight is 497 g/mol. The Hall–Kier alpha value is -3.77. The first-order valence-electron chi connectivity index (χ1n) is 11.0. The SMILES string of the molecule is CC(=O)N1CC(Nc2sc(-c3cccc(-c4cc([C@]5(O)CCN(C)C5=O)on4)c3)nc2C(N)=O)C1. The molecular weight excluding hydrogens is 472 g/mol. The molecule has 2 saturated heterocycles. The number of hydrogen-bond acceptors (Lipinski definition) is 9. The van der Waals surface area contributed by atoms with Crippen molar-refractivity contribution >= 4 is 34.1 Å². The van der Waals surface area contributed by atoms with Gasteiger partial charge in [-0.25, -0.2) is 4.98 Å². The van der Waals surface area contributed by atoms with Gasteiger partial charge in [0, 0.05) is 57.2 Å². The van der Waals surface area contributed by atoms with Crippen molar-refractivity contribution in [2.45, 2.75) is 25.0 Å². The van der Waals surface area contributed by atoms with Gasteiger partial charge in [0.1, 0.15) is 15.7 Å². The van der Waals surface area contributed by atoms with Crippen LogP contribution in [0.15, 0.2) is 34.9 Å². The van der Waals surface area contributed by atoms with Crippen LogP contribution in [-0.4, -0.2) is 75.5 Å². The lowest BCUT2D eigenvalue weighted by molar-refractivity contribution is -0.144. The van der Waals surface area contributed by atoms with E-state index >= 15 is 0 Å². The minimum atomic E-state index is -1.72. The van der Waals surface area contributed by atoms with Crippen LogP contribution in [0.3, 0.4) is 0 Å². The van der Waals surface area contributed by atoms with Gasteiger partial charge in [-0.1, -0.05) is 34.7 Å². The van der Waals surface area contributed by atoms with Gasteiger partial charge in [0.15, 0.2) is 11.5 Å². The standard InChI is InChI=1S/C23H24N6O5S/c1-12(30)29-10-15(11-29)25-21-18(19(24)31)26-20(35-21)14-5-3-4-13(8-14)16-9-17(34-27-16)23(33)6-7-28(2)22(23)32/h3-5,8-9,15,25,33H,6-7,10-11H2,1-2H3,(H2,24,31)/t23-/m1/s1. The molecule has 11 nitrogen and oxygen atoms in total. The number of nitrogens with zero attached hydrogens (tertiary/aromatic N) is 4. The summed E-state index contributed by atoms with van der Waals surface area (Å²) in [5, 5.41) is 19.3. The third kappa shape index (κ3) is 4.04. The van der Waals surface area contributed by atoms with Gasteiger partial charge < -0.3 is 30.5 Å². The van der Waals surface area contributed by atoms with E-state index < -0.39 is 17.4 Å². The number of carbonyl (C=O) groups is 3. The van der Waals surface area contributed by atoms with Crippen LogP contribution >= 0.6 is 11.3 Å². The Morgan fingerprint density at radius 1 is 1.29 bits per heavy atom. The van der Waals surface area contributed by atoms with Crippen molar-refractivity contribution < 1.29 is 24.0 Å². The van der Waals surface area contributed by atoms with Crippen LogP contribution in [-0.2, 0) is 15.2 Å². The summed E-state index contributed by atoms with van der Waals surface area (Å²) in [5.41, 5.74) is 5.88. The van der Waals surface area contributed by atoms with E-state index in [1.807, 2.05) is 24.3 Å². The lowest BCUT2D eigenvalue weighted by atomic mass is 9.98. The summed E-state index contributed by atoms with van der Waals surface area (Å²) in [6.45, 7) is 3.05. The molecule has 0 radical (unpaired) electrons. The van der Waals surface area contributed by atoms with Gasteiger partial charge in [-0.3, -0.25) is 14.4 Å². The predicted octanol–water partition coefficient (Wildman–Crippen LogP) is 1.26. The van der Waals surface area contributed by atoms with Crippen LogP contribution in [0.5, 0.6) is 0 Å². The Morgan fingerprint density at radius 3 is 2.69 bits per heavy atom. The summed E-state index contributed by atoms with van der Waals surface area (Å²) >= 11 is 1.30. The summed E-state index contributed by atoms with van der Waals surface area (Å²) in [4.78, 5) is 43.4. The number of carbonyl (C=O) groups excluding carboxylic acids is 3. The summed E-state index contributed by atoms with van der Waals surface area (Å²) in [6.07, 6.45) is 0.229. The molecule has 35 heavy (non-hydrogen) atoms. The van der Waals surface area contributed by atoms with Crippen LogP contribution in [0.2, 0.25) is 0 Å². The number of benzene rings is 1. The zero-order valence-corrected chi connectivity index (χ0v) is 20.0. The highest BCUT2D eigenvalue weighted by Gasteiger charge is 2.48. The quantitative estimate of drug-likeness (QED) is 0.461. The highest BCUT2D eigenvalue weighted by Crippen LogP contribution is 2.37. The molecule has 0 bridgehead atoms. The molecule has 2 aliphatic heterocycles. The largest absolute Gasteiger partial charge is 0.373 e. The van der Waals surface area contributed by atoms with E-state index in [9.17, 15) is 19.5 Å². The molecule has 2 fully saturated rings. The van der Waals surface area contributed by atoms with E-state index in [0.717, 1.165) is 5.56 Å². The van der Waals surface area contributed by atoms with Crippen molar-refractivity contribution in [3.05, 3.63) is 41.8 Å². The minimum absolute atomic E-state index is 0.00688. The maximum absolute atomic E-state index is 12.4. The normalized spacial score (nSPS) is 20.3. The number of primary amides is 1. The fraction of sp³-hybridized carbons (Fsp3) is 0.348. The number of anilines is 1. The summed E-state index contributed by atoms with van der Waals surface area (Å²) in [6, 6.07) is 8.91. The van der Waals surface area contributed by atoms with E-state index in [1.165, 1.54) is 23.2 Å². The van der Waals surface area contributed by atoms with Crippen LogP contribution in [0.4, 0.5) is 5.00 Å². The number of thiazole rings is 1. The van der Waals surface area contributed by atoms with Crippen LogP contribution in [0.1, 0.15) is 29.6 Å². The molecule has 2 aliphatic rings. The lowest BCUT2D eigenvalue weighted by Crippen LogP contribution is -2.56. The van der Waals surface area contributed by atoms with Crippen LogP contribution in [0.25, 0.3) is 21.8 Å². The molecular formula is C23H24N6O5S. The van der Waals surface area contributed by atoms with Gasteiger partial charge in [-0.05, 0) is 6.07 Å². The van der Waals surface area contributed by atoms with E-state index in [4.69, 9.17) is 10.3 Å². The monoisotopic (exact) mass is 496 g/mol. The molecule has 0 aliphatic carbocycles. The molecule has 4 heterocycles. The zero-order valence-electron chi connectivity index (χ0n) is 19.1. The highest BCUT2D eigenvalue weighted by atomic mass is 32.1. The molecule has 0 spiro atoms. The van der Waals surface area contributed by atoms with Crippen molar-refractivity contribution in [1.29, 1.82) is 0 Å². The third-order valence-corrected chi connectivity index (χ3v) is 7.39. The van der Waals surface area contributed by atoms with Gasteiger partial charge >= 0.3 is 0 Å². The van der Waals surface area contributed by atoms with Crippen molar-refractivity contribution in [2.75, 3.05) is 32.0 Å². The zero-order chi connectivity index (χ0) is 24.9. The maximum atomic E-state index is 12.4. The number of amides is 3. The Bertz CT molecular complexity index is 1330. The third-order valence-electron chi connectivity index (χ3n) is 6.36. The molecule has 3 amide bonds. The second kappa shape index (κ2) is 8.47. The molecule has 4 N–H and O–H groups in total. The molecule has 5 rings (SSSR count). The average Bonchev–Trinajstić information content (AvgIpc) is 3.52. The van der Waals surface area contributed by atoms with Crippen molar-refractivity contribution in [1.82, 2.24) is 19.9 Å². The molecule has 2 aromatic heterocycles. The highest BCUT2D eigenvalue weighted by molar-refractivity contribution is 7.19. The fourth-order valence-electron chi connectivity index (χ4n) is 4.22. The number of aliphatic hydroxyl groups is 1. The summed E-state index contributed by atoms with van der Waals surface area (Å²) < 4.78 is 5.35. The van der Waals surface area contributed by atoms with Crippen molar-refractivity contribution in [2.24, 2.45) is 5.73 Å². The number of aromatic nitrogens is 2. The van der Waals surface area contributed by atoms with Crippen LogP contribution < -0.4 is 11.1 Å². The molecule has 182 valence electrons. The first kappa shape index (κ1) is 23.0. The Labute approximate surface area is 204 Å². The lowest BCUT2D eigenvalue weighted by Gasteiger charge is -2.39. The first-order valence-corrected chi connectivity index (χ1v) is 11.9. The van der Waals surface area contributed by atoms with Gasteiger partial charge in [0.25, 0.3) is 11.8 Å². The molecule has 1 atom stereocenters. The first-order chi connectivity index (χ1) is 16.7. The Kier molecular flexibility index (Phi) is 5.56. The van der Waals surface area contributed by atoms with Gasteiger partial charge in [-0.2, -0.15) is 0 Å². The predicted molar refractivity (Wildman–Crippen MR) is 127 cm³/mol. The van der Waals surface area contributed by atoms with E-state index in [2.05, 4.69) is 15.5 Å². The maximum Gasteiger partial charge on any atom is 0.270 e. The van der Waals surface area contributed by atoms with Gasteiger partial charge in [-0.15, -0.1) is 0 Å². The summed E-state index contributed by atoms with van der Waals surface area (Å²) in [5.74, 6) is -0.959.